The van der Waals surface area contributed by atoms with Gasteiger partial charge >= 0.3 is 0 Å². The van der Waals surface area contributed by atoms with Gasteiger partial charge < -0.3 is 10.6 Å². The predicted molar refractivity (Wildman–Crippen MR) is 101 cm³/mol. The van der Waals surface area contributed by atoms with Crippen LogP contribution in [-0.2, 0) is 13.1 Å². The van der Waals surface area contributed by atoms with E-state index in [-0.39, 0.29) is 11.7 Å². The Morgan fingerprint density at radius 1 is 0.962 bits per heavy atom. The number of carbonyl (C=O) groups excluding carboxylic acids is 1. The monoisotopic (exact) mass is 369 g/mol. The van der Waals surface area contributed by atoms with Crippen LogP contribution < -0.4 is 10.6 Å². The number of hydrogen-bond acceptors (Lipinski definition) is 3. The van der Waals surface area contributed by atoms with Gasteiger partial charge in [0, 0.05) is 30.5 Å². The summed E-state index contributed by atoms with van der Waals surface area (Å²) in [7, 11) is 0. The van der Waals surface area contributed by atoms with Crippen LogP contribution in [0.3, 0.4) is 0 Å². The molecule has 0 saturated carbocycles. The SMILES string of the molecule is O=C(NCc1ccc(Cl)cc1)c1cncc(NCc2ccc(F)cc2)c1. The quantitative estimate of drug-likeness (QED) is 0.676. The van der Waals surface area contributed by atoms with Crippen molar-refractivity contribution in [3.8, 4) is 0 Å². The van der Waals surface area contributed by atoms with Gasteiger partial charge in [0.25, 0.3) is 5.91 Å². The molecule has 3 aromatic rings. The molecule has 1 amide bonds. The third-order valence-electron chi connectivity index (χ3n) is 3.78. The molecule has 0 unspecified atom stereocenters. The molecule has 6 heteroatoms. The summed E-state index contributed by atoms with van der Waals surface area (Å²) in [6, 6.07) is 15.3. The van der Waals surface area contributed by atoms with E-state index >= 15 is 0 Å². The number of carbonyl (C=O) groups is 1. The number of rotatable bonds is 6. The molecular weight excluding hydrogens is 353 g/mol. The minimum Gasteiger partial charge on any atom is -0.380 e. The Labute approximate surface area is 156 Å². The van der Waals surface area contributed by atoms with Gasteiger partial charge in [0.1, 0.15) is 5.82 Å². The molecule has 3 rings (SSSR count). The van der Waals surface area contributed by atoms with E-state index in [1.807, 2.05) is 12.1 Å². The van der Waals surface area contributed by atoms with Gasteiger partial charge in [-0.15, -0.1) is 0 Å². The standard InChI is InChI=1S/C20H17ClFN3O/c21-17-5-1-14(2-6-17)11-25-20(26)16-9-19(13-23-12-16)24-10-15-3-7-18(22)8-4-15/h1-9,12-13,24H,10-11H2,(H,25,26). The minimum absolute atomic E-state index is 0.210. The van der Waals surface area contributed by atoms with Gasteiger partial charge in [0.15, 0.2) is 0 Å². The lowest BCUT2D eigenvalue weighted by Gasteiger charge is -2.09. The van der Waals surface area contributed by atoms with E-state index in [9.17, 15) is 9.18 Å². The van der Waals surface area contributed by atoms with E-state index < -0.39 is 0 Å². The molecule has 0 fully saturated rings. The third kappa shape index (κ3) is 5.04. The summed E-state index contributed by atoms with van der Waals surface area (Å²) < 4.78 is 12.9. The second kappa shape index (κ2) is 8.45. The van der Waals surface area contributed by atoms with Crippen molar-refractivity contribution in [2.45, 2.75) is 13.1 Å². The highest BCUT2D eigenvalue weighted by Gasteiger charge is 2.07. The summed E-state index contributed by atoms with van der Waals surface area (Å²) >= 11 is 5.85. The maximum absolute atomic E-state index is 12.9. The van der Waals surface area contributed by atoms with E-state index in [1.165, 1.54) is 18.3 Å². The largest absolute Gasteiger partial charge is 0.380 e. The van der Waals surface area contributed by atoms with Crippen molar-refractivity contribution >= 4 is 23.2 Å². The van der Waals surface area contributed by atoms with Crippen LogP contribution in [0.4, 0.5) is 10.1 Å². The van der Waals surface area contributed by atoms with Crippen molar-refractivity contribution in [1.29, 1.82) is 0 Å². The van der Waals surface area contributed by atoms with E-state index in [2.05, 4.69) is 15.6 Å². The Morgan fingerprint density at radius 3 is 2.35 bits per heavy atom. The predicted octanol–water partition coefficient (Wildman–Crippen LogP) is 4.42. The normalized spacial score (nSPS) is 10.4. The molecule has 0 aliphatic carbocycles. The molecule has 4 nitrogen and oxygen atoms in total. The van der Waals surface area contributed by atoms with Gasteiger partial charge in [0.05, 0.1) is 11.3 Å². The van der Waals surface area contributed by atoms with Crippen LogP contribution >= 0.6 is 11.6 Å². The molecule has 0 bridgehead atoms. The van der Waals surface area contributed by atoms with Crippen LogP contribution in [0.1, 0.15) is 21.5 Å². The van der Waals surface area contributed by atoms with Gasteiger partial charge in [-0.3, -0.25) is 9.78 Å². The molecule has 0 spiro atoms. The Kier molecular flexibility index (Phi) is 5.81. The van der Waals surface area contributed by atoms with Crippen molar-refractivity contribution in [1.82, 2.24) is 10.3 Å². The lowest BCUT2D eigenvalue weighted by atomic mass is 10.2. The lowest BCUT2D eigenvalue weighted by Crippen LogP contribution is -2.23. The summed E-state index contributed by atoms with van der Waals surface area (Å²) in [6.07, 6.45) is 3.15. The smallest absolute Gasteiger partial charge is 0.253 e. The second-order valence-corrected chi connectivity index (χ2v) is 6.19. The zero-order valence-corrected chi connectivity index (χ0v) is 14.6. The van der Waals surface area contributed by atoms with Gasteiger partial charge in [-0.2, -0.15) is 0 Å². The number of anilines is 1. The van der Waals surface area contributed by atoms with Crippen LogP contribution in [0.25, 0.3) is 0 Å². The summed E-state index contributed by atoms with van der Waals surface area (Å²) in [5.41, 5.74) is 3.07. The Morgan fingerprint density at radius 2 is 1.62 bits per heavy atom. The van der Waals surface area contributed by atoms with E-state index in [0.29, 0.717) is 29.4 Å². The highest BCUT2D eigenvalue weighted by molar-refractivity contribution is 6.30. The van der Waals surface area contributed by atoms with Gasteiger partial charge in [0.2, 0.25) is 0 Å². The van der Waals surface area contributed by atoms with Gasteiger partial charge in [-0.25, -0.2) is 4.39 Å². The Hall–Kier alpha value is -2.92. The van der Waals surface area contributed by atoms with Crippen LogP contribution in [0.15, 0.2) is 67.0 Å². The number of nitrogens with zero attached hydrogens (tertiary/aromatic N) is 1. The molecular formula is C20H17ClFN3O. The topological polar surface area (TPSA) is 54.0 Å². The van der Waals surface area contributed by atoms with Crippen LogP contribution in [-0.4, -0.2) is 10.9 Å². The second-order valence-electron chi connectivity index (χ2n) is 5.75. The first kappa shape index (κ1) is 17.9. The molecule has 0 radical (unpaired) electrons. The van der Waals surface area contributed by atoms with Gasteiger partial charge in [-0.05, 0) is 41.5 Å². The summed E-state index contributed by atoms with van der Waals surface area (Å²) in [6.45, 7) is 0.918. The van der Waals surface area contributed by atoms with Crippen molar-refractivity contribution in [2.24, 2.45) is 0 Å². The lowest BCUT2D eigenvalue weighted by molar-refractivity contribution is 0.0950. The number of pyridine rings is 1. The van der Waals surface area contributed by atoms with E-state index in [4.69, 9.17) is 11.6 Å². The minimum atomic E-state index is -0.269. The first-order chi connectivity index (χ1) is 12.6. The third-order valence-corrected chi connectivity index (χ3v) is 4.03. The first-order valence-electron chi connectivity index (χ1n) is 8.06. The molecule has 0 aliphatic rings. The number of hydrogen-bond donors (Lipinski definition) is 2. The molecule has 1 heterocycles. The fraction of sp³-hybridized carbons (Fsp3) is 0.100. The molecule has 132 valence electrons. The first-order valence-corrected chi connectivity index (χ1v) is 8.44. The van der Waals surface area contributed by atoms with Crippen molar-refractivity contribution < 1.29 is 9.18 Å². The summed E-state index contributed by atoms with van der Waals surface area (Å²) in [5, 5.41) is 6.68. The summed E-state index contributed by atoms with van der Waals surface area (Å²) in [4.78, 5) is 16.4. The highest BCUT2D eigenvalue weighted by Crippen LogP contribution is 2.12. The van der Waals surface area contributed by atoms with E-state index in [0.717, 1.165) is 11.1 Å². The van der Waals surface area contributed by atoms with Crippen LogP contribution in [0, 0.1) is 5.82 Å². The highest BCUT2D eigenvalue weighted by atomic mass is 35.5. The zero-order valence-electron chi connectivity index (χ0n) is 13.9. The van der Waals surface area contributed by atoms with Crippen LogP contribution in [0.2, 0.25) is 5.02 Å². The molecule has 2 N–H and O–H groups in total. The fourth-order valence-electron chi connectivity index (χ4n) is 2.35. The molecule has 0 aliphatic heterocycles. The number of amides is 1. The maximum Gasteiger partial charge on any atom is 0.253 e. The number of benzene rings is 2. The van der Waals surface area contributed by atoms with Crippen molar-refractivity contribution in [2.75, 3.05) is 5.32 Å². The van der Waals surface area contributed by atoms with Gasteiger partial charge in [-0.1, -0.05) is 35.9 Å². The van der Waals surface area contributed by atoms with Crippen molar-refractivity contribution in [3.05, 3.63) is 94.5 Å². The molecule has 1 aromatic heterocycles. The zero-order chi connectivity index (χ0) is 18.4. The van der Waals surface area contributed by atoms with Crippen LogP contribution in [0.5, 0.6) is 0 Å². The molecule has 0 atom stereocenters. The fourth-order valence-corrected chi connectivity index (χ4v) is 2.48. The molecule has 0 saturated heterocycles. The molecule has 26 heavy (non-hydrogen) atoms. The number of halogens is 2. The summed E-state index contributed by atoms with van der Waals surface area (Å²) in [5.74, 6) is -0.479. The molecule has 2 aromatic carbocycles. The Balaban J connectivity index is 1.58. The number of aromatic nitrogens is 1. The average Bonchev–Trinajstić information content (AvgIpc) is 2.67. The maximum atomic E-state index is 12.9. The van der Waals surface area contributed by atoms with Crippen molar-refractivity contribution in [3.63, 3.8) is 0 Å². The average molecular weight is 370 g/mol. The number of nitrogens with one attached hydrogen (secondary N) is 2. The van der Waals surface area contributed by atoms with E-state index in [1.54, 1.807) is 36.5 Å². The Bertz CT molecular complexity index is 882.